The van der Waals surface area contributed by atoms with Crippen LogP contribution in [0.2, 0.25) is 0 Å². The molecule has 1 unspecified atom stereocenters. The fourth-order valence-corrected chi connectivity index (χ4v) is 2.14. The maximum atomic E-state index is 12.3. The van der Waals surface area contributed by atoms with Crippen molar-refractivity contribution in [3.05, 3.63) is 48.0 Å². The van der Waals surface area contributed by atoms with Crippen molar-refractivity contribution in [1.82, 2.24) is 4.90 Å². The minimum absolute atomic E-state index is 0.0148. The normalized spacial score (nSPS) is 11.4. The molecule has 1 aromatic carbocycles. The second-order valence-electron chi connectivity index (χ2n) is 5.72. The third-order valence-corrected chi connectivity index (χ3v) is 3.34. The quantitative estimate of drug-likeness (QED) is 0.702. The number of carbonyl (C=O) groups is 3. The van der Waals surface area contributed by atoms with Crippen LogP contribution >= 0.6 is 0 Å². The molecular weight excluding hydrogens is 310 g/mol. The molecule has 1 atom stereocenters. The van der Waals surface area contributed by atoms with Crippen molar-refractivity contribution in [3.63, 3.8) is 0 Å². The van der Waals surface area contributed by atoms with Crippen LogP contribution in [-0.4, -0.2) is 40.4 Å². The Kier molecular flexibility index (Phi) is 7.68. The summed E-state index contributed by atoms with van der Waals surface area (Å²) in [5.74, 6) is -1.48. The minimum atomic E-state index is -1.17. The van der Waals surface area contributed by atoms with Crippen molar-refractivity contribution in [2.45, 2.75) is 39.3 Å². The number of amides is 1. The molecule has 0 fully saturated rings. The number of benzene rings is 1. The molecule has 0 radical (unpaired) electrons. The molecule has 0 bridgehead atoms. The third kappa shape index (κ3) is 6.64. The first-order valence-electron chi connectivity index (χ1n) is 7.65. The fourth-order valence-electron chi connectivity index (χ4n) is 2.14. The largest absolute Gasteiger partial charge is 0.480 e. The van der Waals surface area contributed by atoms with E-state index in [1.165, 1.54) is 6.92 Å². The number of carboxylic acids is 1. The van der Waals surface area contributed by atoms with Gasteiger partial charge in [-0.2, -0.15) is 0 Å². The molecule has 6 nitrogen and oxygen atoms in total. The van der Waals surface area contributed by atoms with Gasteiger partial charge in [0.05, 0.1) is 6.54 Å². The molecule has 24 heavy (non-hydrogen) atoms. The minimum Gasteiger partial charge on any atom is -0.480 e. The molecule has 1 aromatic rings. The Balaban J connectivity index is 2.83. The van der Waals surface area contributed by atoms with Gasteiger partial charge in [-0.3, -0.25) is 9.69 Å². The summed E-state index contributed by atoms with van der Waals surface area (Å²) in [6.45, 7) is 6.52. The number of aliphatic carboxylic acids is 1. The topological polar surface area (TPSA) is 83.9 Å². The maximum Gasteiger partial charge on any atom is 0.411 e. The van der Waals surface area contributed by atoms with E-state index < -0.39 is 18.1 Å². The van der Waals surface area contributed by atoms with Gasteiger partial charge in [0.25, 0.3) is 0 Å². The summed E-state index contributed by atoms with van der Waals surface area (Å²) in [6.07, 6.45) is -0.196. The zero-order valence-corrected chi connectivity index (χ0v) is 14.0. The number of ether oxygens (including phenoxy) is 1. The van der Waals surface area contributed by atoms with Crippen LogP contribution in [0.3, 0.4) is 0 Å². The maximum absolute atomic E-state index is 12.3. The number of carboxylic acid groups (broad SMARTS) is 1. The average molecular weight is 333 g/mol. The van der Waals surface area contributed by atoms with Crippen molar-refractivity contribution in [2.24, 2.45) is 0 Å². The zero-order valence-electron chi connectivity index (χ0n) is 14.0. The molecule has 0 aliphatic heterocycles. The molecule has 0 saturated heterocycles. The SMILES string of the molecule is C=C(C)CCC(C(=O)O)N(CC(C)=O)C(=O)OCc1ccccc1. The smallest absolute Gasteiger partial charge is 0.411 e. The number of rotatable bonds is 9. The second-order valence-corrected chi connectivity index (χ2v) is 5.72. The Hall–Kier alpha value is -2.63. The molecule has 0 aliphatic carbocycles. The van der Waals surface area contributed by atoms with Crippen LogP contribution in [0.25, 0.3) is 0 Å². The van der Waals surface area contributed by atoms with E-state index in [1.807, 2.05) is 18.2 Å². The molecule has 0 aliphatic rings. The molecule has 1 amide bonds. The lowest BCUT2D eigenvalue weighted by molar-refractivity contribution is -0.143. The average Bonchev–Trinajstić information content (AvgIpc) is 2.51. The Labute approximate surface area is 141 Å². The number of hydrogen-bond donors (Lipinski definition) is 1. The van der Waals surface area contributed by atoms with Crippen LogP contribution < -0.4 is 0 Å². The van der Waals surface area contributed by atoms with Gasteiger partial charge < -0.3 is 9.84 Å². The Morgan fingerprint density at radius 1 is 1.21 bits per heavy atom. The highest BCUT2D eigenvalue weighted by molar-refractivity contribution is 5.86. The van der Waals surface area contributed by atoms with Crippen LogP contribution in [-0.2, 0) is 20.9 Å². The molecule has 1 rings (SSSR count). The molecule has 0 spiro atoms. The van der Waals surface area contributed by atoms with Crippen molar-refractivity contribution < 1.29 is 24.2 Å². The molecule has 6 heteroatoms. The van der Waals surface area contributed by atoms with E-state index in [2.05, 4.69) is 6.58 Å². The zero-order chi connectivity index (χ0) is 18.1. The highest BCUT2D eigenvalue weighted by Gasteiger charge is 2.31. The lowest BCUT2D eigenvalue weighted by atomic mass is 10.1. The van der Waals surface area contributed by atoms with Gasteiger partial charge in [0.2, 0.25) is 0 Å². The van der Waals surface area contributed by atoms with Crippen molar-refractivity contribution in [1.29, 1.82) is 0 Å². The highest BCUT2D eigenvalue weighted by atomic mass is 16.6. The van der Waals surface area contributed by atoms with Gasteiger partial charge in [-0.15, -0.1) is 6.58 Å². The van der Waals surface area contributed by atoms with Gasteiger partial charge in [0, 0.05) is 0 Å². The van der Waals surface area contributed by atoms with E-state index in [0.717, 1.165) is 16.0 Å². The van der Waals surface area contributed by atoms with Gasteiger partial charge in [-0.1, -0.05) is 35.9 Å². The van der Waals surface area contributed by atoms with Gasteiger partial charge in [-0.05, 0) is 32.3 Å². The van der Waals surface area contributed by atoms with Crippen LogP contribution in [0.5, 0.6) is 0 Å². The standard InChI is InChI=1S/C18H23NO5/c1-13(2)9-10-16(17(21)22)19(11-14(3)20)18(23)24-12-15-7-5-4-6-8-15/h4-8,16H,1,9-12H2,2-3H3,(H,21,22). The molecule has 1 N–H and O–H groups in total. The van der Waals surface area contributed by atoms with Crippen LogP contribution in [0.4, 0.5) is 4.79 Å². The summed E-state index contributed by atoms with van der Waals surface area (Å²) in [7, 11) is 0. The monoisotopic (exact) mass is 333 g/mol. The second kappa shape index (κ2) is 9.50. The number of hydrogen-bond acceptors (Lipinski definition) is 4. The Bertz CT molecular complexity index is 597. The highest BCUT2D eigenvalue weighted by Crippen LogP contribution is 2.14. The molecule has 0 saturated carbocycles. The van der Waals surface area contributed by atoms with Gasteiger partial charge in [0.15, 0.2) is 0 Å². The summed E-state index contributed by atoms with van der Waals surface area (Å²) < 4.78 is 5.18. The number of carbonyl (C=O) groups excluding carboxylic acids is 2. The van der Waals surface area contributed by atoms with Gasteiger partial charge in [0.1, 0.15) is 18.4 Å². The summed E-state index contributed by atoms with van der Waals surface area (Å²) in [4.78, 5) is 36.2. The molecule has 0 aromatic heterocycles. The fraction of sp³-hybridized carbons (Fsp3) is 0.389. The van der Waals surface area contributed by atoms with Crippen LogP contribution in [0.15, 0.2) is 42.5 Å². The Morgan fingerprint density at radius 2 is 1.83 bits per heavy atom. The van der Waals surface area contributed by atoms with E-state index in [4.69, 9.17) is 4.74 Å². The summed E-state index contributed by atoms with van der Waals surface area (Å²) >= 11 is 0. The molecular formula is C18H23NO5. The summed E-state index contributed by atoms with van der Waals surface area (Å²) in [5, 5.41) is 9.41. The summed E-state index contributed by atoms with van der Waals surface area (Å²) in [6, 6.07) is 7.91. The van der Waals surface area contributed by atoms with Crippen LogP contribution in [0, 0.1) is 0 Å². The summed E-state index contributed by atoms with van der Waals surface area (Å²) in [5.41, 5.74) is 1.59. The van der Waals surface area contributed by atoms with Crippen LogP contribution in [0.1, 0.15) is 32.3 Å². The van der Waals surface area contributed by atoms with Crippen molar-refractivity contribution in [3.8, 4) is 0 Å². The first-order valence-corrected chi connectivity index (χ1v) is 7.65. The van der Waals surface area contributed by atoms with E-state index >= 15 is 0 Å². The number of ketones is 1. The lowest BCUT2D eigenvalue weighted by Gasteiger charge is -2.27. The number of nitrogens with zero attached hydrogens (tertiary/aromatic N) is 1. The van der Waals surface area contributed by atoms with Crippen molar-refractivity contribution >= 4 is 17.8 Å². The lowest BCUT2D eigenvalue weighted by Crippen LogP contribution is -2.47. The molecule has 0 heterocycles. The van der Waals surface area contributed by atoms with E-state index in [9.17, 15) is 19.5 Å². The number of allylic oxidation sites excluding steroid dienone is 1. The Morgan fingerprint density at radius 3 is 2.33 bits per heavy atom. The number of Topliss-reactive ketones (excluding diaryl/α,β-unsaturated/α-hetero) is 1. The van der Waals surface area contributed by atoms with Gasteiger partial charge >= 0.3 is 12.1 Å². The van der Waals surface area contributed by atoms with E-state index in [0.29, 0.717) is 6.42 Å². The van der Waals surface area contributed by atoms with Crippen molar-refractivity contribution in [2.75, 3.05) is 6.54 Å². The predicted molar refractivity (Wildman–Crippen MR) is 89.5 cm³/mol. The van der Waals surface area contributed by atoms with E-state index in [-0.39, 0.29) is 25.4 Å². The first-order chi connectivity index (χ1) is 11.3. The third-order valence-electron chi connectivity index (χ3n) is 3.34. The molecule has 130 valence electrons. The van der Waals surface area contributed by atoms with E-state index in [1.54, 1.807) is 19.1 Å². The predicted octanol–water partition coefficient (Wildman–Crippen LogP) is 3.02. The first kappa shape index (κ1) is 19.4. The van der Waals surface area contributed by atoms with Gasteiger partial charge in [-0.25, -0.2) is 9.59 Å².